The lowest BCUT2D eigenvalue weighted by atomic mass is 10.1. The highest BCUT2D eigenvalue weighted by molar-refractivity contribution is 5.76. The summed E-state index contributed by atoms with van der Waals surface area (Å²) in [5, 5.41) is 7.94. The summed E-state index contributed by atoms with van der Waals surface area (Å²) in [6, 6.07) is 6.27. The van der Waals surface area contributed by atoms with Crippen LogP contribution in [0.3, 0.4) is 0 Å². The van der Waals surface area contributed by atoms with E-state index in [0.29, 0.717) is 0 Å². The van der Waals surface area contributed by atoms with Gasteiger partial charge < -0.3 is 6.15 Å². The number of aromatic nitrogens is 3. The van der Waals surface area contributed by atoms with Gasteiger partial charge in [-0.25, -0.2) is 4.68 Å². The van der Waals surface area contributed by atoms with E-state index in [1.165, 1.54) is 5.56 Å². The van der Waals surface area contributed by atoms with Gasteiger partial charge in [0.25, 0.3) is 0 Å². The molecule has 2 aliphatic rings. The topological polar surface area (TPSA) is 65.7 Å². The molecule has 1 aromatic heterocycles. The summed E-state index contributed by atoms with van der Waals surface area (Å²) in [7, 11) is 0. The molecule has 0 radical (unpaired) electrons. The van der Waals surface area contributed by atoms with Gasteiger partial charge in [-0.1, -0.05) is 11.3 Å². The standard InChI is InChI=1S/C7H5N3.H3N/c1-2-7-6-3-5(1)4-10(7)9-8-6;/h1-3H,4H2;1H3. The first-order chi connectivity index (χ1) is 4.93. The number of rotatable bonds is 0. The number of benzene rings is 1. The molecule has 3 heterocycles. The normalized spacial score (nSPS) is 12.4. The van der Waals surface area contributed by atoms with Crippen molar-refractivity contribution in [2.24, 2.45) is 0 Å². The molecular formula is C7H8N4. The van der Waals surface area contributed by atoms with E-state index in [-0.39, 0.29) is 6.15 Å². The van der Waals surface area contributed by atoms with E-state index in [9.17, 15) is 0 Å². The molecule has 0 atom stereocenters. The predicted molar refractivity (Wildman–Crippen MR) is 41.7 cm³/mol. The highest BCUT2D eigenvalue weighted by atomic mass is 15.4. The third-order valence-electron chi connectivity index (χ3n) is 1.91. The van der Waals surface area contributed by atoms with Crippen LogP contribution in [-0.4, -0.2) is 15.0 Å². The van der Waals surface area contributed by atoms with E-state index < -0.39 is 0 Å². The summed E-state index contributed by atoms with van der Waals surface area (Å²) in [6.07, 6.45) is 0. The Morgan fingerprint density at radius 1 is 1.36 bits per heavy atom. The molecule has 0 spiro atoms. The van der Waals surface area contributed by atoms with E-state index in [4.69, 9.17) is 0 Å². The van der Waals surface area contributed by atoms with Gasteiger partial charge in [-0.2, -0.15) is 0 Å². The van der Waals surface area contributed by atoms with Crippen LogP contribution in [0.2, 0.25) is 0 Å². The third kappa shape index (κ3) is 0.615. The molecule has 0 saturated heterocycles. The van der Waals surface area contributed by atoms with E-state index in [2.05, 4.69) is 28.5 Å². The van der Waals surface area contributed by atoms with Crippen molar-refractivity contribution >= 4 is 11.0 Å². The minimum Gasteiger partial charge on any atom is -0.344 e. The van der Waals surface area contributed by atoms with Crippen LogP contribution in [-0.2, 0) is 6.54 Å². The lowest BCUT2D eigenvalue weighted by Crippen LogP contribution is -2.04. The average molecular weight is 148 g/mol. The van der Waals surface area contributed by atoms with Crippen LogP contribution in [0.1, 0.15) is 5.56 Å². The Morgan fingerprint density at radius 3 is 2.91 bits per heavy atom. The fourth-order valence-corrected chi connectivity index (χ4v) is 1.41. The smallest absolute Gasteiger partial charge is 0.113 e. The number of hydrogen-bond donors (Lipinski definition) is 1. The van der Waals surface area contributed by atoms with Gasteiger partial charge in [-0.15, -0.1) is 5.10 Å². The molecule has 4 heteroatoms. The first-order valence-corrected chi connectivity index (χ1v) is 3.26. The Kier molecular flexibility index (Phi) is 1.03. The Balaban J connectivity index is 0.000000480. The second-order valence-corrected chi connectivity index (χ2v) is 2.57. The lowest BCUT2D eigenvalue weighted by Gasteiger charge is -2.07. The zero-order chi connectivity index (χ0) is 6.55. The molecule has 0 unspecified atom stereocenters. The summed E-state index contributed by atoms with van der Waals surface area (Å²) < 4.78 is 1.92. The zero-order valence-corrected chi connectivity index (χ0v) is 5.99. The Morgan fingerprint density at radius 2 is 2.27 bits per heavy atom. The van der Waals surface area contributed by atoms with Gasteiger partial charge in [0, 0.05) is 0 Å². The quantitative estimate of drug-likeness (QED) is 0.516. The number of hydrogen-bond acceptors (Lipinski definition) is 3. The van der Waals surface area contributed by atoms with Crippen LogP contribution in [0.5, 0.6) is 0 Å². The molecule has 0 amide bonds. The highest BCUT2D eigenvalue weighted by Crippen LogP contribution is 2.19. The van der Waals surface area contributed by atoms with E-state index in [1.54, 1.807) is 0 Å². The molecule has 4 rings (SSSR count). The maximum absolute atomic E-state index is 3.98. The molecule has 0 aliphatic carbocycles. The first kappa shape index (κ1) is 6.30. The molecule has 56 valence electrons. The summed E-state index contributed by atoms with van der Waals surface area (Å²) in [6.45, 7) is 0.902. The molecule has 0 fully saturated rings. The van der Waals surface area contributed by atoms with Crippen LogP contribution in [0.25, 0.3) is 11.0 Å². The van der Waals surface area contributed by atoms with E-state index in [1.807, 2.05) is 4.68 Å². The summed E-state index contributed by atoms with van der Waals surface area (Å²) >= 11 is 0. The van der Waals surface area contributed by atoms with Crippen LogP contribution in [0, 0.1) is 0 Å². The fourth-order valence-electron chi connectivity index (χ4n) is 1.41. The van der Waals surface area contributed by atoms with Crippen LogP contribution >= 0.6 is 0 Å². The van der Waals surface area contributed by atoms with Gasteiger partial charge in [0.1, 0.15) is 5.52 Å². The third-order valence-corrected chi connectivity index (χ3v) is 1.91. The van der Waals surface area contributed by atoms with E-state index in [0.717, 1.165) is 17.6 Å². The summed E-state index contributed by atoms with van der Waals surface area (Å²) in [4.78, 5) is 0. The molecule has 4 bridgehead atoms. The predicted octanol–water partition coefficient (Wildman–Crippen LogP) is 0.955. The molecular weight excluding hydrogens is 140 g/mol. The van der Waals surface area contributed by atoms with Gasteiger partial charge in [-0.05, 0) is 17.7 Å². The lowest BCUT2D eigenvalue weighted by molar-refractivity contribution is 0.668. The minimum atomic E-state index is 0. The fraction of sp³-hybridized carbons (Fsp3) is 0.143. The Labute approximate surface area is 63.4 Å². The Bertz CT molecular complexity index is 404. The van der Waals surface area contributed by atoms with Crippen molar-refractivity contribution in [1.29, 1.82) is 0 Å². The number of nitrogens with zero attached hydrogens (tertiary/aromatic N) is 3. The molecule has 2 aliphatic heterocycles. The van der Waals surface area contributed by atoms with Crippen LogP contribution in [0.4, 0.5) is 0 Å². The van der Waals surface area contributed by atoms with Gasteiger partial charge in [0.2, 0.25) is 0 Å². The molecule has 1 aromatic carbocycles. The van der Waals surface area contributed by atoms with Crippen molar-refractivity contribution < 1.29 is 0 Å². The maximum Gasteiger partial charge on any atom is 0.113 e. The molecule has 3 N–H and O–H groups in total. The van der Waals surface area contributed by atoms with Crippen molar-refractivity contribution in [3.63, 3.8) is 0 Å². The molecule has 11 heavy (non-hydrogen) atoms. The molecule has 0 saturated carbocycles. The van der Waals surface area contributed by atoms with Gasteiger partial charge >= 0.3 is 0 Å². The van der Waals surface area contributed by atoms with Crippen LogP contribution < -0.4 is 6.15 Å². The number of fused-ring (bicyclic) bond motifs is 1. The second kappa shape index (κ2) is 1.79. The SMILES string of the molecule is N.c1cc2c3cc1Cn2nn3. The highest BCUT2D eigenvalue weighted by Gasteiger charge is 2.11. The maximum atomic E-state index is 3.98. The zero-order valence-electron chi connectivity index (χ0n) is 5.99. The molecule has 2 aromatic rings. The largest absolute Gasteiger partial charge is 0.344 e. The summed E-state index contributed by atoms with van der Waals surface area (Å²) in [5.41, 5.74) is 3.47. The van der Waals surface area contributed by atoms with E-state index >= 15 is 0 Å². The van der Waals surface area contributed by atoms with Crippen molar-refractivity contribution in [3.05, 3.63) is 23.8 Å². The van der Waals surface area contributed by atoms with Crippen molar-refractivity contribution in [1.82, 2.24) is 21.1 Å². The van der Waals surface area contributed by atoms with Crippen molar-refractivity contribution in [2.75, 3.05) is 0 Å². The van der Waals surface area contributed by atoms with Gasteiger partial charge in [-0.3, -0.25) is 0 Å². The van der Waals surface area contributed by atoms with Gasteiger partial charge in [0.15, 0.2) is 0 Å². The Hall–Kier alpha value is -1.42. The second-order valence-electron chi connectivity index (χ2n) is 2.57. The van der Waals surface area contributed by atoms with Crippen molar-refractivity contribution in [2.45, 2.75) is 6.54 Å². The van der Waals surface area contributed by atoms with Gasteiger partial charge in [0.05, 0.1) is 12.1 Å². The van der Waals surface area contributed by atoms with Crippen molar-refractivity contribution in [3.8, 4) is 0 Å². The molecule has 4 nitrogen and oxygen atoms in total. The average Bonchev–Trinajstić information content (AvgIpc) is 2.29. The minimum absolute atomic E-state index is 0. The van der Waals surface area contributed by atoms with Crippen LogP contribution in [0.15, 0.2) is 18.2 Å². The summed E-state index contributed by atoms with van der Waals surface area (Å²) in [5.74, 6) is 0. The first-order valence-electron chi connectivity index (χ1n) is 3.26. The monoisotopic (exact) mass is 148 g/mol.